The Hall–Kier alpha value is -3.55. The lowest BCUT2D eigenvalue weighted by molar-refractivity contribution is -0.384. The average molecular weight is 504 g/mol. The third-order valence-corrected chi connectivity index (χ3v) is 6.24. The maximum Gasteiger partial charge on any atom is 0.293 e. The summed E-state index contributed by atoms with van der Waals surface area (Å²) in [5.74, 6) is 0.591. The number of ether oxygens (including phenoxy) is 3. The molecule has 1 aliphatic heterocycles. The summed E-state index contributed by atoms with van der Waals surface area (Å²) in [7, 11) is 3.10. The molecule has 0 unspecified atom stereocenters. The van der Waals surface area contributed by atoms with Crippen molar-refractivity contribution >= 4 is 61.3 Å². The number of anilines is 2. The van der Waals surface area contributed by atoms with Crippen molar-refractivity contribution < 1.29 is 23.9 Å². The SMILES string of the molecule is COc1cc(OC)c2nc(NC(=S)NC(=O)c3ccc(N4CCOCC4)c([N+](=O)[O-])c3)sc2c1. The van der Waals surface area contributed by atoms with Gasteiger partial charge in [-0.1, -0.05) is 11.3 Å². The molecule has 0 atom stereocenters. The van der Waals surface area contributed by atoms with Crippen LogP contribution in [0.1, 0.15) is 10.4 Å². The van der Waals surface area contributed by atoms with Crippen LogP contribution in [0.3, 0.4) is 0 Å². The van der Waals surface area contributed by atoms with Crippen LogP contribution in [0.2, 0.25) is 0 Å². The van der Waals surface area contributed by atoms with Gasteiger partial charge in [0.25, 0.3) is 11.6 Å². The van der Waals surface area contributed by atoms with Gasteiger partial charge in [-0.05, 0) is 30.4 Å². The van der Waals surface area contributed by atoms with Gasteiger partial charge in [0.05, 0.1) is 37.1 Å². The first-order chi connectivity index (χ1) is 16.4. The molecule has 1 aromatic heterocycles. The Labute approximate surface area is 203 Å². The van der Waals surface area contributed by atoms with Crippen LogP contribution in [0.15, 0.2) is 30.3 Å². The molecule has 0 spiro atoms. The maximum atomic E-state index is 12.7. The lowest BCUT2D eigenvalue weighted by Gasteiger charge is -2.28. The summed E-state index contributed by atoms with van der Waals surface area (Å²) in [6, 6.07) is 7.89. The molecule has 2 aromatic carbocycles. The number of amides is 1. The van der Waals surface area contributed by atoms with E-state index in [9.17, 15) is 14.9 Å². The van der Waals surface area contributed by atoms with E-state index >= 15 is 0 Å². The van der Waals surface area contributed by atoms with Gasteiger partial charge in [0.1, 0.15) is 22.7 Å². The normalized spacial score (nSPS) is 13.4. The van der Waals surface area contributed by atoms with Crippen LogP contribution in [0.4, 0.5) is 16.5 Å². The summed E-state index contributed by atoms with van der Waals surface area (Å²) < 4.78 is 16.7. The molecule has 2 heterocycles. The Bertz CT molecular complexity index is 1260. The number of nitrogens with one attached hydrogen (secondary N) is 2. The first kappa shape index (κ1) is 23.6. The molecule has 13 heteroatoms. The fraction of sp³-hybridized carbons (Fsp3) is 0.286. The minimum atomic E-state index is -0.575. The van der Waals surface area contributed by atoms with Crippen LogP contribution in [0.5, 0.6) is 11.5 Å². The molecule has 1 fully saturated rings. The zero-order chi connectivity index (χ0) is 24.2. The second kappa shape index (κ2) is 10.2. The van der Waals surface area contributed by atoms with Gasteiger partial charge in [0.2, 0.25) is 0 Å². The van der Waals surface area contributed by atoms with E-state index in [-0.39, 0.29) is 16.4 Å². The molecule has 1 aliphatic rings. The van der Waals surface area contributed by atoms with E-state index in [1.54, 1.807) is 19.2 Å². The number of nitro benzene ring substituents is 1. The van der Waals surface area contributed by atoms with E-state index in [0.29, 0.717) is 54.1 Å². The van der Waals surface area contributed by atoms with Crippen LogP contribution >= 0.6 is 23.6 Å². The number of hydrogen-bond donors (Lipinski definition) is 2. The highest BCUT2D eigenvalue weighted by Gasteiger charge is 2.24. The monoisotopic (exact) mass is 503 g/mol. The largest absolute Gasteiger partial charge is 0.497 e. The van der Waals surface area contributed by atoms with Gasteiger partial charge in [-0.25, -0.2) is 4.98 Å². The number of rotatable bonds is 6. The van der Waals surface area contributed by atoms with Crippen molar-refractivity contribution in [1.29, 1.82) is 0 Å². The number of thiazole rings is 1. The molecule has 2 N–H and O–H groups in total. The van der Waals surface area contributed by atoms with Crippen LogP contribution in [-0.2, 0) is 4.74 Å². The second-order valence-electron chi connectivity index (χ2n) is 7.16. The lowest BCUT2D eigenvalue weighted by atomic mass is 10.1. The quantitative estimate of drug-likeness (QED) is 0.294. The minimum Gasteiger partial charge on any atom is -0.497 e. The fourth-order valence-corrected chi connectivity index (χ4v) is 4.66. The molecule has 0 bridgehead atoms. The number of fused-ring (bicyclic) bond motifs is 1. The Morgan fingerprint density at radius 1 is 1.24 bits per heavy atom. The van der Waals surface area contributed by atoms with Gasteiger partial charge in [-0.3, -0.25) is 20.2 Å². The van der Waals surface area contributed by atoms with E-state index in [4.69, 9.17) is 26.4 Å². The Morgan fingerprint density at radius 2 is 2.00 bits per heavy atom. The molecule has 0 aliphatic carbocycles. The van der Waals surface area contributed by atoms with Crippen molar-refractivity contribution in [3.05, 3.63) is 46.0 Å². The molecule has 1 saturated heterocycles. The maximum absolute atomic E-state index is 12.7. The molecule has 4 rings (SSSR count). The van der Waals surface area contributed by atoms with Crippen molar-refractivity contribution in [3.63, 3.8) is 0 Å². The number of hydrogen-bond acceptors (Lipinski definition) is 10. The van der Waals surface area contributed by atoms with Gasteiger partial charge < -0.3 is 24.4 Å². The molecule has 0 radical (unpaired) electrons. The number of nitro groups is 1. The standard InChI is InChI=1S/C21H21N5O6S2/c1-30-13-10-16(31-2)18-17(11-13)34-21(22-18)24-20(33)23-19(27)12-3-4-14(15(9-12)26(28)29)25-5-7-32-8-6-25/h3-4,9-11H,5-8H2,1-2H3,(H2,22,23,24,27,33). The molecule has 3 aromatic rings. The number of carbonyl (C=O) groups excluding carboxylic acids is 1. The van der Waals surface area contributed by atoms with Crippen molar-refractivity contribution in [2.45, 2.75) is 0 Å². The molecule has 11 nitrogen and oxygen atoms in total. The van der Waals surface area contributed by atoms with E-state index in [0.717, 1.165) is 4.70 Å². The molecule has 0 saturated carbocycles. The van der Waals surface area contributed by atoms with Crippen LogP contribution in [0, 0.1) is 10.1 Å². The number of thiocarbonyl (C=S) groups is 1. The summed E-state index contributed by atoms with van der Waals surface area (Å²) >= 11 is 6.56. The molecular formula is C21H21N5O6S2. The van der Waals surface area contributed by atoms with Crippen LogP contribution in [-0.4, -0.2) is 61.4 Å². The van der Waals surface area contributed by atoms with Gasteiger partial charge >= 0.3 is 0 Å². The number of methoxy groups -OCH3 is 2. The van der Waals surface area contributed by atoms with E-state index in [1.807, 2.05) is 11.0 Å². The Kier molecular flexibility index (Phi) is 7.05. The van der Waals surface area contributed by atoms with Crippen LogP contribution in [0.25, 0.3) is 10.2 Å². The number of morpholine rings is 1. The minimum absolute atomic E-state index is 0.00916. The first-order valence-electron chi connectivity index (χ1n) is 10.2. The van der Waals surface area contributed by atoms with Gasteiger partial charge in [-0.2, -0.15) is 0 Å². The molecule has 34 heavy (non-hydrogen) atoms. The second-order valence-corrected chi connectivity index (χ2v) is 8.60. The zero-order valence-corrected chi connectivity index (χ0v) is 20.0. The van der Waals surface area contributed by atoms with Crippen molar-refractivity contribution in [2.75, 3.05) is 50.7 Å². The highest BCUT2D eigenvalue weighted by Crippen LogP contribution is 2.36. The molecular weight excluding hydrogens is 482 g/mol. The summed E-state index contributed by atoms with van der Waals surface area (Å²) in [4.78, 5) is 30.2. The smallest absolute Gasteiger partial charge is 0.293 e. The first-order valence-corrected chi connectivity index (χ1v) is 11.4. The predicted octanol–water partition coefficient (Wildman–Crippen LogP) is 3.19. The van der Waals surface area contributed by atoms with Crippen molar-refractivity contribution in [2.24, 2.45) is 0 Å². The number of benzene rings is 2. The van der Waals surface area contributed by atoms with E-state index in [1.165, 1.54) is 30.6 Å². The topological polar surface area (TPSA) is 128 Å². The highest BCUT2D eigenvalue weighted by atomic mass is 32.1. The molecule has 1 amide bonds. The highest BCUT2D eigenvalue weighted by molar-refractivity contribution is 7.80. The third-order valence-electron chi connectivity index (χ3n) is 5.12. The number of carbonyl (C=O) groups is 1. The Balaban J connectivity index is 1.48. The third kappa shape index (κ3) is 5.00. The van der Waals surface area contributed by atoms with Gasteiger partial charge in [0.15, 0.2) is 10.2 Å². The van der Waals surface area contributed by atoms with Crippen LogP contribution < -0.4 is 25.0 Å². The average Bonchev–Trinajstić information content (AvgIpc) is 3.25. The summed E-state index contributed by atoms with van der Waals surface area (Å²) in [6.07, 6.45) is 0. The van der Waals surface area contributed by atoms with Gasteiger partial charge in [0, 0.05) is 30.8 Å². The number of nitrogens with zero attached hydrogens (tertiary/aromatic N) is 3. The Morgan fingerprint density at radius 3 is 2.68 bits per heavy atom. The zero-order valence-electron chi connectivity index (χ0n) is 18.3. The summed E-state index contributed by atoms with van der Waals surface area (Å²) in [5, 5.41) is 17.5. The van der Waals surface area contributed by atoms with E-state index in [2.05, 4.69) is 15.6 Å². The predicted molar refractivity (Wildman–Crippen MR) is 133 cm³/mol. The number of aromatic nitrogens is 1. The van der Waals surface area contributed by atoms with E-state index < -0.39 is 10.8 Å². The fourth-order valence-electron chi connectivity index (χ4n) is 3.49. The van der Waals surface area contributed by atoms with Crippen molar-refractivity contribution in [3.8, 4) is 11.5 Å². The summed E-state index contributed by atoms with van der Waals surface area (Å²) in [6.45, 7) is 2.06. The summed E-state index contributed by atoms with van der Waals surface area (Å²) in [5.41, 5.74) is 1.04. The lowest BCUT2D eigenvalue weighted by Crippen LogP contribution is -2.37. The molecule has 178 valence electrons. The van der Waals surface area contributed by atoms with Gasteiger partial charge in [-0.15, -0.1) is 0 Å². The van der Waals surface area contributed by atoms with Crippen molar-refractivity contribution in [1.82, 2.24) is 10.3 Å².